The smallest absolute Gasteiger partial charge is 0.320 e. The maximum atomic E-state index is 12.6. The van der Waals surface area contributed by atoms with Gasteiger partial charge < -0.3 is 10.6 Å². The number of carbonyl (C=O) groups excluding carboxylic acids is 1. The van der Waals surface area contributed by atoms with E-state index in [2.05, 4.69) is 32.8 Å². The zero-order valence-electron chi connectivity index (χ0n) is 13.7. The Morgan fingerprint density at radius 3 is 2.56 bits per heavy atom. The van der Waals surface area contributed by atoms with Crippen molar-refractivity contribution in [3.63, 3.8) is 0 Å². The van der Waals surface area contributed by atoms with Crippen LogP contribution in [0, 0.1) is 0 Å². The van der Waals surface area contributed by atoms with Gasteiger partial charge in [-0.3, -0.25) is 0 Å². The van der Waals surface area contributed by atoms with Gasteiger partial charge in [-0.25, -0.2) is 14.5 Å². The lowest BCUT2D eigenvalue weighted by Gasteiger charge is -2.43. The van der Waals surface area contributed by atoms with Crippen LogP contribution in [-0.4, -0.2) is 20.8 Å². The number of nitrogens with zero attached hydrogens (tertiary/aromatic N) is 3. The van der Waals surface area contributed by atoms with Crippen molar-refractivity contribution in [2.45, 2.75) is 24.8 Å². The minimum atomic E-state index is -0.278. The van der Waals surface area contributed by atoms with Gasteiger partial charge in [-0.1, -0.05) is 30.3 Å². The van der Waals surface area contributed by atoms with E-state index >= 15 is 0 Å². The van der Waals surface area contributed by atoms with Crippen LogP contribution in [0.3, 0.4) is 0 Å². The molecule has 0 radical (unpaired) electrons. The SMILES string of the molecule is O=C(Nc1cccnc1-n1cccn1)NC1(c2ccccc2)CCC1. The zero-order chi connectivity index (χ0) is 17.1. The van der Waals surface area contributed by atoms with Crippen molar-refractivity contribution in [1.29, 1.82) is 0 Å². The summed E-state index contributed by atoms with van der Waals surface area (Å²) in [5, 5.41) is 10.3. The van der Waals surface area contributed by atoms with E-state index in [-0.39, 0.29) is 11.6 Å². The summed E-state index contributed by atoms with van der Waals surface area (Å²) < 4.78 is 1.63. The molecule has 1 fully saturated rings. The van der Waals surface area contributed by atoms with E-state index in [9.17, 15) is 4.79 Å². The van der Waals surface area contributed by atoms with Crippen LogP contribution in [0.15, 0.2) is 67.1 Å². The molecular weight excluding hydrogens is 314 g/mol. The highest BCUT2D eigenvalue weighted by Crippen LogP contribution is 2.41. The van der Waals surface area contributed by atoms with Crippen LogP contribution in [0.25, 0.3) is 5.82 Å². The van der Waals surface area contributed by atoms with Crippen molar-refractivity contribution in [3.05, 3.63) is 72.7 Å². The van der Waals surface area contributed by atoms with Gasteiger partial charge in [0.25, 0.3) is 0 Å². The third kappa shape index (κ3) is 2.98. The van der Waals surface area contributed by atoms with Crippen LogP contribution in [0.5, 0.6) is 0 Å². The lowest BCUT2D eigenvalue weighted by atomic mass is 9.72. The van der Waals surface area contributed by atoms with Crippen LogP contribution in [0.4, 0.5) is 10.5 Å². The predicted octanol–water partition coefficient (Wildman–Crippen LogP) is 3.47. The molecule has 0 atom stereocenters. The van der Waals surface area contributed by atoms with Gasteiger partial charge in [-0.2, -0.15) is 5.10 Å². The lowest BCUT2D eigenvalue weighted by Crippen LogP contribution is -2.52. The quantitative estimate of drug-likeness (QED) is 0.768. The average molecular weight is 333 g/mol. The number of urea groups is 1. The number of hydrogen-bond acceptors (Lipinski definition) is 3. The Hall–Kier alpha value is -3.15. The normalized spacial score (nSPS) is 15.2. The molecule has 0 bridgehead atoms. The molecule has 2 N–H and O–H groups in total. The fourth-order valence-electron chi connectivity index (χ4n) is 3.22. The highest BCUT2D eigenvalue weighted by Gasteiger charge is 2.40. The highest BCUT2D eigenvalue weighted by atomic mass is 16.2. The average Bonchev–Trinajstić information content (AvgIpc) is 3.14. The van der Waals surface area contributed by atoms with Crippen LogP contribution in [0.2, 0.25) is 0 Å². The number of aromatic nitrogens is 3. The van der Waals surface area contributed by atoms with Crippen molar-refractivity contribution < 1.29 is 4.79 Å². The predicted molar refractivity (Wildman–Crippen MR) is 95.5 cm³/mol. The maximum absolute atomic E-state index is 12.6. The van der Waals surface area contributed by atoms with Gasteiger partial charge in [0.1, 0.15) is 0 Å². The maximum Gasteiger partial charge on any atom is 0.320 e. The van der Waals surface area contributed by atoms with Crippen molar-refractivity contribution >= 4 is 11.7 Å². The summed E-state index contributed by atoms with van der Waals surface area (Å²) >= 11 is 0. The van der Waals surface area contributed by atoms with Gasteiger partial charge in [-0.15, -0.1) is 0 Å². The van der Waals surface area contributed by atoms with Crippen LogP contribution in [-0.2, 0) is 5.54 Å². The molecule has 6 nitrogen and oxygen atoms in total. The molecule has 0 spiro atoms. The molecule has 2 aromatic heterocycles. The molecule has 0 unspecified atom stereocenters. The molecular formula is C19H19N5O. The van der Waals surface area contributed by atoms with E-state index in [1.54, 1.807) is 29.3 Å². The topological polar surface area (TPSA) is 71.8 Å². The molecule has 1 aliphatic carbocycles. The second kappa shape index (κ2) is 6.39. The van der Waals surface area contributed by atoms with E-state index in [1.165, 1.54) is 0 Å². The number of amides is 2. The molecule has 126 valence electrons. The standard InChI is InChI=1S/C19H19N5O/c25-18(23-19(10-5-11-19)15-7-2-1-3-8-15)22-16-9-4-12-20-17(16)24-14-6-13-21-24/h1-4,6-9,12-14H,5,10-11H2,(H2,22,23,25). The molecule has 4 rings (SSSR count). The van der Waals surface area contributed by atoms with Gasteiger partial charge in [0.05, 0.1) is 11.2 Å². The van der Waals surface area contributed by atoms with Crippen molar-refractivity contribution in [1.82, 2.24) is 20.1 Å². The first-order chi connectivity index (χ1) is 12.3. The Labute approximate surface area is 145 Å². The number of benzene rings is 1. The Morgan fingerprint density at radius 1 is 1.04 bits per heavy atom. The van der Waals surface area contributed by atoms with Gasteiger partial charge >= 0.3 is 6.03 Å². The summed E-state index contributed by atoms with van der Waals surface area (Å²) in [6.45, 7) is 0. The summed E-state index contributed by atoms with van der Waals surface area (Å²) in [6.07, 6.45) is 8.16. The fraction of sp³-hybridized carbons (Fsp3) is 0.211. The summed E-state index contributed by atoms with van der Waals surface area (Å²) in [4.78, 5) is 17.0. The summed E-state index contributed by atoms with van der Waals surface area (Å²) in [6, 6.07) is 15.3. The number of carbonyl (C=O) groups is 1. The van der Waals surface area contributed by atoms with Crippen molar-refractivity contribution in [2.24, 2.45) is 0 Å². The van der Waals surface area contributed by atoms with E-state index in [0.29, 0.717) is 11.5 Å². The number of pyridine rings is 1. The van der Waals surface area contributed by atoms with Crippen LogP contribution < -0.4 is 10.6 Å². The Bertz CT molecular complexity index is 857. The number of rotatable bonds is 4. The summed E-state index contributed by atoms with van der Waals surface area (Å²) in [5.74, 6) is 0.588. The van der Waals surface area contributed by atoms with E-state index in [4.69, 9.17) is 0 Å². The summed E-state index contributed by atoms with van der Waals surface area (Å²) in [5.41, 5.74) is 1.49. The van der Waals surface area contributed by atoms with Crippen LogP contribution >= 0.6 is 0 Å². The molecule has 6 heteroatoms. The Morgan fingerprint density at radius 2 is 1.88 bits per heavy atom. The van der Waals surface area contributed by atoms with Crippen molar-refractivity contribution in [2.75, 3.05) is 5.32 Å². The lowest BCUT2D eigenvalue weighted by molar-refractivity contribution is 0.185. The zero-order valence-corrected chi connectivity index (χ0v) is 13.7. The Kier molecular flexibility index (Phi) is 3.93. The molecule has 25 heavy (non-hydrogen) atoms. The molecule has 1 saturated carbocycles. The first-order valence-corrected chi connectivity index (χ1v) is 8.37. The molecule has 0 saturated heterocycles. The monoisotopic (exact) mass is 333 g/mol. The molecule has 3 aromatic rings. The second-order valence-corrected chi connectivity index (χ2v) is 6.21. The number of nitrogens with one attached hydrogen (secondary N) is 2. The summed E-state index contributed by atoms with van der Waals surface area (Å²) in [7, 11) is 0. The largest absolute Gasteiger partial charge is 0.328 e. The molecule has 0 aliphatic heterocycles. The molecule has 1 aromatic carbocycles. The molecule has 1 aliphatic rings. The molecule has 2 heterocycles. The van der Waals surface area contributed by atoms with Gasteiger partial charge in [0.2, 0.25) is 0 Å². The van der Waals surface area contributed by atoms with Gasteiger partial charge in [0.15, 0.2) is 5.82 Å². The van der Waals surface area contributed by atoms with E-state index in [0.717, 1.165) is 24.8 Å². The highest BCUT2D eigenvalue weighted by molar-refractivity contribution is 5.91. The number of anilines is 1. The van der Waals surface area contributed by atoms with Crippen LogP contribution in [0.1, 0.15) is 24.8 Å². The first-order valence-electron chi connectivity index (χ1n) is 8.37. The van der Waals surface area contributed by atoms with Gasteiger partial charge in [-0.05, 0) is 43.0 Å². The third-order valence-corrected chi connectivity index (χ3v) is 4.64. The van der Waals surface area contributed by atoms with E-state index in [1.807, 2.05) is 30.3 Å². The fourth-order valence-corrected chi connectivity index (χ4v) is 3.22. The minimum Gasteiger partial charge on any atom is -0.328 e. The number of hydrogen-bond donors (Lipinski definition) is 2. The Balaban J connectivity index is 1.54. The van der Waals surface area contributed by atoms with Gasteiger partial charge in [0, 0.05) is 18.6 Å². The minimum absolute atomic E-state index is 0.232. The molecule has 2 amide bonds. The third-order valence-electron chi connectivity index (χ3n) is 4.64. The van der Waals surface area contributed by atoms with Crippen molar-refractivity contribution in [3.8, 4) is 5.82 Å². The second-order valence-electron chi connectivity index (χ2n) is 6.21. The van der Waals surface area contributed by atoms with E-state index < -0.39 is 0 Å². The first kappa shape index (κ1) is 15.4.